The van der Waals surface area contributed by atoms with Crippen molar-refractivity contribution in [2.45, 2.75) is 6.54 Å². The van der Waals surface area contributed by atoms with Crippen LogP contribution in [0.3, 0.4) is 0 Å². The Morgan fingerprint density at radius 1 is 0.967 bits per heavy atom. The monoisotopic (exact) mass is 481 g/mol. The number of Topliss-reactive ketones (excluding diaryl/α,β-unsaturated/α-hetero) is 1. The van der Waals surface area contributed by atoms with Crippen LogP contribution in [0.5, 0.6) is 0 Å². The van der Waals surface area contributed by atoms with Crippen LogP contribution < -0.4 is 0 Å². The van der Waals surface area contributed by atoms with Crippen LogP contribution in [0.4, 0.5) is 0 Å². The molecular weight excluding hydrogens is 458 g/mol. The maximum atomic E-state index is 13.3. The Morgan fingerprint density at radius 3 is 2.23 bits per heavy atom. The standard InChI is InChI=1S/C26H24BrNO.ClH/c1-20(18-28(2)19-21-10-5-3-6-11-21)26(29)25(23-13-7-4-8-14-23)17-22-12-9-15-24(27)16-22;/h3-17H,1,18-19H2,2H3;1H/b25-17-;. The summed E-state index contributed by atoms with van der Waals surface area (Å²) in [5, 5.41) is 0. The number of nitrogens with zero attached hydrogens (tertiary/aromatic N) is 1. The van der Waals surface area contributed by atoms with Crippen LogP contribution in [0.15, 0.2) is 102 Å². The number of hydrogen-bond donors (Lipinski definition) is 0. The van der Waals surface area contributed by atoms with Crippen molar-refractivity contribution in [1.29, 1.82) is 0 Å². The van der Waals surface area contributed by atoms with E-state index >= 15 is 0 Å². The summed E-state index contributed by atoms with van der Waals surface area (Å²) < 4.78 is 0.979. The molecule has 3 rings (SSSR count). The second-order valence-corrected chi connectivity index (χ2v) is 7.99. The maximum Gasteiger partial charge on any atom is 0.190 e. The van der Waals surface area contributed by atoms with Crippen LogP contribution in [0.25, 0.3) is 11.6 Å². The molecule has 154 valence electrons. The van der Waals surface area contributed by atoms with Gasteiger partial charge in [0.2, 0.25) is 0 Å². The van der Waals surface area contributed by atoms with Gasteiger partial charge in [-0.2, -0.15) is 0 Å². The first-order chi connectivity index (χ1) is 14.0. The van der Waals surface area contributed by atoms with Crippen molar-refractivity contribution in [3.63, 3.8) is 0 Å². The molecule has 0 N–H and O–H groups in total. The van der Waals surface area contributed by atoms with Gasteiger partial charge in [-0.3, -0.25) is 9.69 Å². The average molecular weight is 483 g/mol. The van der Waals surface area contributed by atoms with Gasteiger partial charge in [0.15, 0.2) is 5.78 Å². The third-order valence-electron chi connectivity index (χ3n) is 4.57. The van der Waals surface area contributed by atoms with Crippen LogP contribution in [-0.4, -0.2) is 24.3 Å². The third kappa shape index (κ3) is 6.81. The van der Waals surface area contributed by atoms with Crippen LogP contribution >= 0.6 is 28.3 Å². The number of allylic oxidation sites excluding steroid dienone is 1. The minimum atomic E-state index is -0.0314. The molecule has 0 fully saturated rings. The number of hydrogen-bond acceptors (Lipinski definition) is 2. The molecule has 30 heavy (non-hydrogen) atoms. The summed E-state index contributed by atoms with van der Waals surface area (Å²) in [5.41, 5.74) is 4.31. The maximum absolute atomic E-state index is 13.3. The summed E-state index contributed by atoms with van der Waals surface area (Å²) in [6.45, 7) is 5.38. The van der Waals surface area contributed by atoms with Gasteiger partial charge in [-0.1, -0.05) is 95.3 Å². The van der Waals surface area contributed by atoms with Gasteiger partial charge in [0.05, 0.1) is 0 Å². The molecule has 0 atom stereocenters. The molecule has 0 saturated carbocycles. The van der Waals surface area contributed by atoms with Crippen molar-refractivity contribution in [3.05, 3.63) is 118 Å². The first-order valence-electron chi connectivity index (χ1n) is 9.50. The minimum absolute atomic E-state index is 0. The Morgan fingerprint density at radius 2 is 1.60 bits per heavy atom. The van der Waals surface area contributed by atoms with Crippen molar-refractivity contribution in [2.24, 2.45) is 0 Å². The Balaban J connectivity index is 0.00000320. The molecule has 0 heterocycles. The number of ketones is 1. The molecule has 2 nitrogen and oxygen atoms in total. The number of carbonyl (C=O) groups is 1. The average Bonchev–Trinajstić information content (AvgIpc) is 2.73. The van der Waals surface area contributed by atoms with Crippen molar-refractivity contribution in [1.82, 2.24) is 4.90 Å². The van der Waals surface area contributed by atoms with E-state index in [1.165, 1.54) is 5.56 Å². The van der Waals surface area contributed by atoms with Gasteiger partial charge in [-0.15, -0.1) is 12.4 Å². The number of likely N-dealkylation sites (N-methyl/N-ethyl adjacent to an activating group) is 1. The van der Waals surface area contributed by atoms with Gasteiger partial charge < -0.3 is 0 Å². The van der Waals surface area contributed by atoms with Crippen LogP contribution in [0, 0.1) is 0 Å². The van der Waals surface area contributed by atoms with E-state index in [0.29, 0.717) is 17.7 Å². The summed E-state index contributed by atoms with van der Waals surface area (Å²) in [7, 11) is 2.01. The SMILES string of the molecule is C=C(CN(C)Cc1ccccc1)C(=O)/C(=C\c1cccc(Br)c1)c1ccccc1.Cl. The topological polar surface area (TPSA) is 20.3 Å². The Labute approximate surface area is 193 Å². The zero-order valence-corrected chi connectivity index (χ0v) is 19.3. The molecule has 0 spiro atoms. The van der Waals surface area contributed by atoms with E-state index < -0.39 is 0 Å². The zero-order chi connectivity index (χ0) is 20.6. The van der Waals surface area contributed by atoms with Gasteiger partial charge in [-0.25, -0.2) is 0 Å². The zero-order valence-electron chi connectivity index (χ0n) is 16.9. The van der Waals surface area contributed by atoms with Gasteiger partial charge in [-0.05, 0) is 41.9 Å². The van der Waals surface area contributed by atoms with Crippen molar-refractivity contribution in [2.75, 3.05) is 13.6 Å². The summed E-state index contributed by atoms with van der Waals surface area (Å²) in [6, 6.07) is 27.9. The molecule has 0 saturated heterocycles. The van der Waals surface area contributed by atoms with Gasteiger partial charge in [0.25, 0.3) is 0 Å². The van der Waals surface area contributed by atoms with Crippen LogP contribution in [0.2, 0.25) is 0 Å². The third-order valence-corrected chi connectivity index (χ3v) is 5.06. The smallest absolute Gasteiger partial charge is 0.190 e. The number of benzene rings is 3. The molecule has 0 unspecified atom stereocenters. The van der Waals surface area contributed by atoms with E-state index in [0.717, 1.165) is 22.1 Å². The Kier molecular flexibility index (Phi) is 9.25. The van der Waals surface area contributed by atoms with E-state index in [1.807, 2.05) is 85.9 Å². The van der Waals surface area contributed by atoms with E-state index in [9.17, 15) is 4.79 Å². The highest BCUT2D eigenvalue weighted by molar-refractivity contribution is 9.10. The normalized spacial score (nSPS) is 11.1. The quantitative estimate of drug-likeness (QED) is 0.264. The number of carbonyl (C=O) groups excluding carboxylic acids is 1. The highest BCUT2D eigenvalue weighted by Crippen LogP contribution is 2.24. The summed E-state index contributed by atoms with van der Waals surface area (Å²) in [5.74, 6) is -0.0314. The summed E-state index contributed by atoms with van der Waals surface area (Å²) in [4.78, 5) is 15.4. The largest absolute Gasteiger partial charge is 0.298 e. The van der Waals surface area contributed by atoms with Gasteiger partial charge in [0, 0.05) is 28.7 Å². The van der Waals surface area contributed by atoms with E-state index in [2.05, 4.69) is 39.5 Å². The first kappa shape index (κ1) is 23.8. The molecular formula is C26H25BrClNO. The van der Waals surface area contributed by atoms with Crippen molar-refractivity contribution >= 4 is 45.8 Å². The molecule has 0 aromatic heterocycles. The lowest BCUT2D eigenvalue weighted by atomic mass is 9.95. The minimum Gasteiger partial charge on any atom is -0.298 e. The number of rotatable bonds is 8. The molecule has 0 aliphatic carbocycles. The van der Waals surface area contributed by atoms with E-state index in [-0.39, 0.29) is 18.2 Å². The fraction of sp³-hybridized carbons (Fsp3) is 0.115. The Hall–Kier alpha value is -2.46. The first-order valence-corrected chi connectivity index (χ1v) is 10.3. The lowest BCUT2D eigenvalue weighted by Crippen LogP contribution is -2.23. The van der Waals surface area contributed by atoms with Crippen molar-refractivity contribution in [3.8, 4) is 0 Å². The summed E-state index contributed by atoms with van der Waals surface area (Å²) in [6.07, 6.45) is 1.94. The lowest BCUT2D eigenvalue weighted by Gasteiger charge is -2.18. The predicted molar refractivity (Wildman–Crippen MR) is 133 cm³/mol. The molecule has 0 aliphatic heterocycles. The van der Waals surface area contributed by atoms with Crippen LogP contribution in [-0.2, 0) is 11.3 Å². The summed E-state index contributed by atoms with van der Waals surface area (Å²) >= 11 is 3.50. The van der Waals surface area contributed by atoms with Crippen molar-refractivity contribution < 1.29 is 4.79 Å². The molecule has 4 heteroatoms. The molecule has 0 amide bonds. The van der Waals surface area contributed by atoms with Gasteiger partial charge in [0.1, 0.15) is 0 Å². The molecule has 0 bridgehead atoms. The van der Waals surface area contributed by atoms with Gasteiger partial charge >= 0.3 is 0 Å². The fourth-order valence-electron chi connectivity index (χ4n) is 3.20. The number of halogens is 2. The van der Waals surface area contributed by atoms with Crippen LogP contribution in [0.1, 0.15) is 16.7 Å². The highest BCUT2D eigenvalue weighted by atomic mass is 79.9. The second kappa shape index (κ2) is 11.7. The molecule has 3 aromatic carbocycles. The fourth-order valence-corrected chi connectivity index (χ4v) is 3.62. The highest BCUT2D eigenvalue weighted by Gasteiger charge is 2.17. The predicted octanol–water partition coefficient (Wildman–Crippen LogP) is 6.67. The lowest BCUT2D eigenvalue weighted by molar-refractivity contribution is -0.110. The Bertz CT molecular complexity index is 1020. The van der Waals surface area contributed by atoms with E-state index in [4.69, 9.17) is 0 Å². The van der Waals surface area contributed by atoms with E-state index in [1.54, 1.807) is 0 Å². The molecule has 3 aromatic rings. The molecule has 0 aliphatic rings. The second-order valence-electron chi connectivity index (χ2n) is 7.07. The molecule has 0 radical (unpaired) electrons.